The third-order valence-corrected chi connectivity index (χ3v) is 6.19. The van der Waals surface area contributed by atoms with E-state index in [0.717, 1.165) is 17.5 Å². The molecule has 4 rings (SSSR count). The molecule has 3 heterocycles. The molecule has 0 atom stereocenters. The molecule has 0 bridgehead atoms. The first kappa shape index (κ1) is 24.1. The summed E-state index contributed by atoms with van der Waals surface area (Å²) in [7, 11) is 0. The molecule has 3 aromatic heterocycles. The van der Waals surface area contributed by atoms with Crippen LogP contribution in [-0.2, 0) is 24.3 Å². The quantitative estimate of drug-likeness (QED) is 0.345. The highest BCUT2D eigenvalue weighted by Gasteiger charge is 2.25. The van der Waals surface area contributed by atoms with Crippen molar-refractivity contribution in [1.29, 1.82) is 0 Å². The molecule has 11 heteroatoms. The number of hydrogen-bond acceptors (Lipinski definition) is 8. The SMILES string of the molecule is CCCCn1c(N)c(N(Cc2ccccc2)C(=O)CCc2nc(-c3ccsc3)no2)c(=O)[nH]c1=O. The summed E-state index contributed by atoms with van der Waals surface area (Å²) in [6.45, 7) is 2.44. The van der Waals surface area contributed by atoms with Crippen LogP contribution >= 0.6 is 11.3 Å². The number of unbranched alkanes of at least 4 members (excludes halogenated alkanes) is 1. The van der Waals surface area contributed by atoms with Crippen LogP contribution in [0.2, 0.25) is 0 Å². The molecule has 0 aliphatic heterocycles. The van der Waals surface area contributed by atoms with E-state index in [1.807, 2.05) is 54.1 Å². The number of carbonyl (C=O) groups is 1. The largest absolute Gasteiger partial charge is 0.383 e. The summed E-state index contributed by atoms with van der Waals surface area (Å²) in [6, 6.07) is 11.1. The maximum absolute atomic E-state index is 13.4. The van der Waals surface area contributed by atoms with Gasteiger partial charge in [0.1, 0.15) is 5.82 Å². The Kier molecular flexibility index (Phi) is 7.56. The van der Waals surface area contributed by atoms with Gasteiger partial charge in [-0.2, -0.15) is 16.3 Å². The molecular weight excluding hydrogens is 468 g/mol. The number of rotatable bonds is 10. The number of hydrogen-bond donors (Lipinski definition) is 2. The van der Waals surface area contributed by atoms with Crippen LogP contribution in [0.15, 0.2) is 61.3 Å². The molecule has 1 amide bonds. The first-order valence-electron chi connectivity index (χ1n) is 11.3. The zero-order valence-electron chi connectivity index (χ0n) is 19.3. The lowest BCUT2D eigenvalue weighted by atomic mass is 10.1. The van der Waals surface area contributed by atoms with E-state index in [2.05, 4.69) is 15.1 Å². The number of carbonyl (C=O) groups excluding carboxylic acids is 1. The minimum absolute atomic E-state index is 0.00503. The summed E-state index contributed by atoms with van der Waals surface area (Å²) < 4.78 is 6.61. The van der Waals surface area contributed by atoms with Crippen LogP contribution < -0.4 is 21.9 Å². The normalized spacial score (nSPS) is 11.0. The van der Waals surface area contributed by atoms with Crippen molar-refractivity contribution in [3.8, 4) is 11.4 Å². The topological polar surface area (TPSA) is 140 Å². The Morgan fingerprint density at radius 3 is 2.74 bits per heavy atom. The predicted octanol–water partition coefficient (Wildman–Crippen LogP) is 3.20. The highest BCUT2D eigenvalue weighted by Crippen LogP contribution is 2.22. The van der Waals surface area contributed by atoms with Crippen LogP contribution in [0.4, 0.5) is 11.5 Å². The van der Waals surface area contributed by atoms with Crippen molar-refractivity contribution in [1.82, 2.24) is 19.7 Å². The zero-order valence-corrected chi connectivity index (χ0v) is 20.1. The molecule has 0 aliphatic carbocycles. The maximum atomic E-state index is 13.4. The number of aromatic nitrogens is 4. The molecule has 0 saturated heterocycles. The minimum atomic E-state index is -0.706. The molecule has 0 fully saturated rings. The average molecular weight is 495 g/mol. The van der Waals surface area contributed by atoms with E-state index in [4.69, 9.17) is 10.3 Å². The molecule has 4 aromatic rings. The molecule has 0 unspecified atom stereocenters. The van der Waals surface area contributed by atoms with E-state index >= 15 is 0 Å². The maximum Gasteiger partial charge on any atom is 0.330 e. The van der Waals surface area contributed by atoms with Crippen LogP contribution in [0, 0.1) is 0 Å². The van der Waals surface area contributed by atoms with Gasteiger partial charge in [0, 0.05) is 30.3 Å². The van der Waals surface area contributed by atoms with Gasteiger partial charge in [-0.15, -0.1) is 0 Å². The summed E-state index contributed by atoms with van der Waals surface area (Å²) in [5.74, 6) is 0.378. The molecule has 0 aliphatic rings. The minimum Gasteiger partial charge on any atom is -0.383 e. The third-order valence-electron chi connectivity index (χ3n) is 5.50. The van der Waals surface area contributed by atoms with Crippen LogP contribution in [0.3, 0.4) is 0 Å². The Labute approximate surface area is 205 Å². The van der Waals surface area contributed by atoms with Crippen molar-refractivity contribution in [2.24, 2.45) is 0 Å². The fraction of sp³-hybridized carbons (Fsp3) is 0.292. The Morgan fingerprint density at radius 1 is 1.23 bits per heavy atom. The van der Waals surface area contributed by atoms with Gasteiger partial charge in [0.25, 0.3) is 5.56 Å². The first-order valence-corrected chi connectivity index (χ1v) is 12.2. The lowest BCUT2D eigenvalue weighted by Crippen LogP contribution is -2.41. The van der Waals surface area contributed by atoms with Gasteiger partial charge in [-0.3, -0.25) is 19.1 Å². The number of thiophene rings is 1. The van der Waals surface area contributed by atoms with Gasteiger partial charge >= 0.3 is 5.69 Å². The van der Waals surface area contributed by atoms with E-state index in [1.54, 1.807) is 0 Å². The summed E-state index contributed by atoms with van der Waals surface area (Å²) in [5, 5.41) is 7.79. The highest BCUT2D eigenvalue weighted by atomic mass is 32.1. The van der Waals surface area contributed by atoms with Crippen LogP contribution in [-0.4, -0.2) is 25.6 Å². The monoisotopic (exact) mass is 494 g/mol. The van der Waals surface area contributed by atoms with E-state index < -0.39 is 11.2 Å². The van der Waals surface area contributed by atoms with Crippen LogP contribution in [0.5, 0.6) is 0 Å². The molecule has 35 heavy (non-hydrogen) atoms. The standard InChI is InChI=1S/C24H26N6O4S/c1-2-3-12-29-21(25)20(23(32)27-24(29)33)30(14-16-7-5-4-6-8-16)19(31)10-9-18-26-22(28-34-18)17-11-13-35-15-17/h4-8,11,13,15H,2-3,9-10,12,14,25H2,1H3,(H,27,32,33). The Bertz CT molecular complexity index is 1390. The lowest BCUT2D eigenvalue weighted by Gasteiger charge is -2.24. The number of aromatic amines is 1. The van der Waals surface area contributed by atoms with Crippen molar-refractivity contribution in [2.75, 3.05) is 10.6 Å². The molecule has 182 valence electrons. The second kappa shape index (κ2) is 11.0. The van der Waals surface area contributed by atoms with Gasteiger partial charge in [0.15, 0.2) is 5.69 Å². The molecular formula is C24H26N6O4S. The third kappa shape index (κ3) is 5.57. The fourth-order valence-electron chi connectivity index (χ4n) is 3.65. The van der Waals surface area contributed by atoms with Crippen molar-refractivity contribution in [2.45, 2.75) is 45.7 Å². The Hall–Kier alpha value is -3.99. The summed E-state index contributed by atoms with van der Waals surface area (Å²) >= 11 is 1.52. The predicted molar refractivity (Wildman–Crippen MR) is 134 cm³/mol. The first-order chi connectivity index (χ1) is 17.0. The number of benzene rings is 1. The summed E-state index contributed by atoms with van der Waals surface area (Å²) in [6.07, 6.45) is 1.73. The summed E-state index contributed by atoms with van der Waals surface area (Å²) in [5.41, 5.74) is 6.60. The highest BCUT2D eigenvalue weighted by molar-refractivity contribution is 7.08. The average Bonchev–Trinajstić information content (AvgIpc) is 3.54. The number of nitrogen functional groups attached to an aromatic ring is 1. The van der Waals surface area contributed by atoms with Gasteiger partial charge in [-0.25, -0.2) is 4.79 Å². The van der Waals surface area contributed by atoms with Gasteiger partial charge in [0.05, 0.1) is 6.54 Å². The smallest absolute Gasteiger partial charge is 0.330 e. The molecule has 0 radical (unpaired) electrons. The number of aryl methyl sites for hydroxylation is 1. The molecule has 0 spiro atoms. The van der Waals surface area contributed by atoms with Crippen LogP contribution in [0.1, 0.15) is 37.6 Å². The fourth-order valence-corrected chi connectivity index (χ4v) is 4.28. The number of anilines is 2. The molecule has 1 aromatic carbocycles. The molecule has 3 N–H and O–H groups in total. The van der Waals surface area contributed by atoms with E-state index in [0.29, 0.717) is 24.7 Å². The molecule has 10 nitrogen and oxygen atoms in total. The van der Waals surface area contributed by atoms with Gasteiger partial charge in [-0.05, 0) is 23.4 Å². The van der Waals surface area contributed by atoms with Gasteiger partial charge in [0.2, 0.25) is 17.6 Å². The van der Waals surface area contributed by atoms with Gasteiger partial charge < -0.3 is 15.2 Å². The molecule has 0 saturated carbocycles. The van der Waals surface area contributed by atoms with Crippen molar-refractivity contribution >= 4 is 28.7 Å². The number of amides is 1. The van der Waals surface area contributed by atoms with Crippen LogP contribution in [0.25, 0.3) is 11.4 Å². The number of nitrogens with two attached hydrogens (primary N) is 1. The second-order valence-corrected chi connectivity index (χ2v) is 8.77. The van der Waals surface area contributed by atoms with Crippen molar-refractivity contribution in [3.05, 3.63) is 79.5 Å². The van der Waals surface area contributed by atoms with E-state index in [9.17, 15) is 14.4 Å². The number of nitrogens with one attached hydrogen (secondary N) is 1. The van der Waals surface area contributed by atoms with Crippen molar-refractivity contribution in [3.63, 3.8) is 0 Å². The van der Waals surface area contributed by atoms with E-state index in [1.165, 1.54) is 20.8 Å². The number of H-pyrrole nitrogens is 1. The zero-order chi connectivity index (χ0) is 24.8. The van der Waals surface area contributed by atoms with Crippen molar-refractivity contribution < 1.29 is 9.32 Å². The lowest BCUT2D eigenvalue weighted by molar-refractivity contribution is -0.118. The van der Waals surface area contributed by atoms with E-state index in [-0.39, 0.29) is 36.8 Å². The second-order valence-electron chi connectivity index (χ2n) is 7.99. The number of nitrogens with zero attached hydrogens (tertiary/aromatic N) is 4. The summed E-state index contributed by atoms with van der Waals surface area (Å²) in [4.78, 5) is 46.6. The Morgan fingerprint density at radius 2 is 2.03 bits per heavy atom. The van der Waals surface area contributed by atoms with Gasteiger partial charge in [-0.1, -0.05) is 48.8 Å². The Balaban J connectivity index is 1.63.